The van der Waals surface area contributed by atoms with Crippen molar-refractivity contribution in [2.45, 2.75) is 36.8 Å². The lowest BCUT2D eigenvalue weighted by atomic mass is 10.0. The quantitative estimate of drug-likeness (QED) is 0.717. The number of ether oxygens (including phenoxy) is 1. The zero-order valence-corrected chi connectivity index (χ0v) is 16.3. The number of benzene rings is 1. The van der Waals surface area contributed by atoms with Gasteiger partial charge in [-0.3, -0.25) is 9.69 Å². The highest BCUT2D eigenvalue weighted by molar-refractivity contribution is 7.92. The van der Waals surface area contributed by atoms with Crippen molar-refractivity contribution < 1.29 is 41.0 Å². The van der Waals surface area contributed by atoms with Crippen LogP contribution in [0, 0.1) is 11.8 Å². The Bertz CT molecular complexity index is 962. The topological polar surface area (TPSA) is 101 Å². The summed E-state index contributed by atoms with van der Waals surface area (Å²) in [5, 5.41) is 9.31. The molecular weight excluding hydrogens is 415 g/mol. The molecule has 1 aromatic carbocycles. The molecule has 158 valence electrons. The van der Waals surface area contributed by atoms with Crippen LogP contribution in [0.15, 0.2) is 24.3 Å². The Balaban J connectivity index is 2.12. The van der Waals surface area contributed by atoms with Gasteiger partial charge in [0.2, 0.25) is 0 Å². The summed E-state index contributed by atoms with van der Waals surface area (Å²) in [7, 11) is -3.98. The maximum atomic E-state index is 12.1. The average Bonchev–Trinajstić information content (AvgIpc) is 2.93. The number of nitrogens with zero attached hydrogens (tertiary/aromatic N) is 1. The number of anilines is 1. The van der Waals surface area contributed by atoms with Gasteiger partial charge in [-0.25, -0.2) is 13.2 Å². The van der Waals surface area contributed by atoms with Crippen molar-refractivity contribution in [3.05, 3.63) is 29.8 Å². The second-order valence-corrected chi connectivity index (χ2v) is 9.21. The Morgan fingerprint density at radius 1 is 1.31 bits per heavy atom. The van der Waals surface area contributed by atoms with Crippen molar-refractivity contribution in [1.82, 2.24) is 0 Å². The molecule has 1 heterocycles. The molecule has 0 bridgehead atoms. The van der Waals surface area contributed by atoms with Crippen LogP contribution in [0.3, 0.4) is 0 Å². The first-order valence-corrected chi connectivity index (χ1v) is 10.2. The van der Waals surface area contributed by atoms with Crippen molar-refractivity contribution in [3.8, 4) is 11.8 Å². The Morgan fingerprint density at radius 2 is 1.90 bits per heavy atom. The van der Waals surface area contributed by atoms with Crippen LogP contribution in [-0.4, -0.2) is 55.4 Å². The van der Waals surface area contributed by atoms with Gasteiger partial charge in [-0.15, -0.1) is 0 Å². The number of carboxylic acids is 1. The number of alkyl halides is 3. The third kappa shape index (κ3) is 5.41. The van der Waals surface area contributed by atoms with E-state index in [1.165, 1.54) is 29.2 Å². The summed E-state index contributed by atoms with van der Waals surface area (Å²) in [6, 6.07) is 5.76. The molecule has 1 fully saturated rings. The molecule has 0 spiro atoms. The van der Waals surface area contributed by atoms with E-state index in [0.29, 0.717) is 11.3 Å². The van der Waals surface area contributed by atoms with Gasteiger partial charge in [0.15, 0.2) is 14.6 Å². The van der Waals surface area contributed by atoms with Gasteiger partial charge in [0, 0.05) is 23.9 Å². The molecule has 0 saturated carbocycles. The smallest absolute Gasteiger partial charge is 0.414 e. The molecule has 1 saturated heterocycles. The molecule has 1 N–H and O–H groups in total. The molecule has 0 aromatic heterocycles. The van der Waals surface area contributed by atoms with Gasteiger partial charge in [-0.2, -0.15) is 13.2 Å². The lowest BCUT2D eigenvalue weighted by Crippen LogP contribution is -2.46. The first-order chi connectivity index (χ1) is 13.2. The summed E-state index contributed by atoms with van der Waals surface area (Å²) in [6.07, 6.45) is -7.00. The van der Waals surface area contributed by atoms with E-state index in [9.17, 15) is 36.3 Å². The van der Waals surface area contributed by atoms with Crippen molar-refractivity contribution in [3.63, 3.8) is 0 Å². The van der Waals surface area contributed by atoms with Gasteiger partial charge in [0.1, 0.15) is 12.5 Å². The number of hydrogen-bond donors (Lipinski definition) is 1. The summed E-state index contributed by atoms with van der Waals surface area (Å²) in [4.78, 5) is 24.8. The number of rotatable bonds is 5. The number of carbonyl (C=O) groups excluding carboxylic acids is 1. The summed E-state index contributed by atoms with van der Waals surface area (Å²) in [5.41, 5.74) is 0.674. The maximum absolute atomic E-state index is 12.1. The standard InChI is InChI=1S/C18H18F3NO6S/c1-17(15(23)24,29(2,26)27)10-14-11-22(16(25)28-14)13-7-5-12(6-8-13)4-3-9-18(19,20)21/h5-8,14H,9-11H2,1-2H3,(H,23,24). The molecule has 1 aromatic rings. The Labute approximate surface area is 165 Å². The fraction of sp³-hybridized carbons (Fsp3) is 0.444. The molecule has 2 atom stereocenters. The zero-order chi connectivity index (χ0) is 22.0. The highest BCUT2D eigenvalue weighted by atomic mass is 32.2. The van der Waals surface area contributed by atoms with Gasteiger partial charge < -0.3 is 9.84 Å². The van der Waals surface area contributed by atoms with E-state index >= 15 is 0 Å². The second-order valence-electron chi connectivity index (χ2n) is 6.77. The Hall–Kier alpha value is -2.74. The lowest BCUT2D eigenvalue weighted by Gasteiger charge is -2.24. The van der Waals surface area contributed by atoms with Crippen LogP contribution in [-0.2, 0) is 19.4 Å². The van der Waals surface area contributed by atoms with Gasteiger partial charge >= 0.3 is 18.2 Å². The molecule has 11 heteroatoms. The number of sulfone groups is 1. The highest BCUT2D eigenvalue weighted by Crippen LogP contribution is 2.30. The minimum Gasteiger partial charge on any atom is -0.480 e. The number of amides is 1. The minimum atomic E-state index is -4.38. The average molecular weight is 433 g/mol. The summed E-state index contributed by atoms with van der Waals surface area (Å²) < 4.78 is 63.1. The molecule has 1 amide bonds. The van der Waals surface area contributed by atoms with Crippen molar-refractivity contribution in [2.75, 3.05) is 17.7 Å². The number of aliphatic carboxylic acids is 1. The van der Waals surface area contributed by atoms with Gasteiger partial charge in [0.05, 0.1) is 6.54 Å². The SMILES string of the molecule is CC(CC1CN(c2ccc(C#CCC(F)(F)F)cc2)C(=O)O1)(C(=O)O)S(C)(=O)=O. The Kier molecular flexibility index (Phi) is 6.18. The van der Waals surface area contributed by atoms with E-state index in [4.69, 9.17) is 4.74 Å². The van der Waals surface area contributed by atoms with Gasteiger partial charge in [-0.1, -0.05) is 11.8 Å². The molecular formula is C18H18F3NO6S. The Morgan fingerprint density at radius 3 is 2.38 bits per heavy atom. The van der Waals surface area contributed by atoms with Crippen LogP contribution in [0.4, 0.5) is 23.7 Å². The zero-order valence-electron chi connectivity index (χ0n) is 15.5. The van der Waals surface area contributed by atoms with Crippen LogP contribution in [0.25, 0.3) is 0 Å². The van der Waals surface area contributed by atoms with Gasteiger partial charge in [0.25, 0.3) is 0 Å². The van der Waals surface area contributed by atoms with Crippen LogP contribution >= 0.6 is 0 Å². The van der Waals surface area contributed by atoms with E-state index in [2.05, 4.69) is 5.92 Å². The van der Waals surface area contributed by atoms with E-state index in [1.54, 1.807) is 0 Å². The van der Waals surface area contributed by atoms with E-state index in [-0.39, 0.29) is 6.54 Å². The molecule has 1 aliphatic rings. The molecule has 2 rings (SSSR count). The van der Waals surface area contributed by atoms with Crippen LogP contribution < -0.4 is 4.90 Å². The predicted octanol–water partition coefficient (Wildman–Crippen LogP) is 2.59. The molecule has 0 radical (unpaired) electrons. The summed E-state index contributed by atoms with van der Waals surface area (Å²) >= 11 is 0. The van der Waals surface area contributed by atoms with Crippen molar-refractivity contribution in [1.29, 1.82) is 0 Å². The molecule has 1 aliphatic heterocycles. The van der Waals surface area contributed by atoms with Crippen molar-refractivity contribution in [2.24, 2.45) is 0 Å². The van der Waals surface area contributed by atoms with E-state index in [1.807, 2.05) is 5.92 Å². The molecule has 7 nitrogen and oxygen atoms in total. The normalized spacial score (nSPS) is 19.1. The third-order valence-electron chi connectivity index (χ3n) is 4.46. The summed E-state index contributed by atoms with van der Waals surface area (Å²) in [5.74, 6) is 2.82. The number of carboxylic acid groups (broad SMARTS) is 1. The largest absolute Gasteiger partial charge is 0.480 e. The van der Waals surface area contributed by atoms with Crippen LogP contribution in [0.5, 0.6) is 0 Å². The van der Waals surface area contributed by atoms with Crippen molar-refractivity contribution >= 4 is 27.6 Å². The molecule has 0 aliphatic carbocycles. The number of carbonyl (C=O) groups is 2. The predicted molar refractivity (Wildman–Crippen MR) is 97.1 cm³/mol. The van der Waals surface area contributed by atoms with Gasteiger partial charge in [-0.05, 0) is 31.2 Å². The number of halogens is 3. The van der Waals surface area contributed by atoms with Crippen LogP contribution in [0.2, 0.25) is 0 Å². The monoisotopic (exact) mass is 433 g/mol. The van der Waals surface area contributed by atoms with Crippen LogP contribution in [0.1, 0.15) is 25.3 Å². The number of hydrogen-bond acceptors (Lipinski definition) is 5. The highest BCUT2D eigenvalue weighted by Gasteiger charge is 2.48. The van der Waals surface area contributed by atoms with E-state index in [0.717, 1.165) is 13.2 Å². The first kappa shape index (κ1) is 22.5. The fourth-order valence-corrected chi connectivity index (χ4v) is 3.45. The summed E-state index contributed by atoms with van der Waals surface area (Å²) in [6.45, 7) is 0.978. The fourth-order valence-electron chi connectivity index (χ4n) is 2.64. The lowest BCUT2D eigenvalue weighted by molar-refractivity contribution is -0.140. The molecule has 29 heavy (non-hydrogen) atoms. The maximum Gasteiger partial charge on any atom is 0.414 e. The van der Waals surface area contributed by atoms with E-state index < -0.39 is 51.8 Å². The third-order valence-corrected chi connectivity index (χ3v) is 6.44. The minimum absolute atomic E-state index is 0.0731. The first-order valence-electron chi connectivity index (χ1n) is 8.30. The number of cyclic esters (lactones) is 1. The second kappa shape index (κ2) is 7.94. The molecule has 2 unspecified atom stereocenters.